The average Bonchev–Trinajstić information content (AvgIpc) is 2.83. The zero-order valence-electron chi connectivity index (χ0n) is 13.2. The molecule has 2 aliphatic rings. The Bertz CT molecular complexity index is 309. The summed E-state index contributed by atoms with van der Waals surface area (Å²) < 4.78 is 0. The molecule has 0 bridgehead atoms. The van der Waals surface area contributed by atoms with Crippen molar-refractivity contribution in [3.8, 4) is 0 Å². The van der Waals surface area contributed by atoms with Crippen LogP contribution in [-0.4, -0.2) is 42.5 Å². The lowest BCUT2D eigenvalue weighted by molar-refractivity contribution is -0.125. The van der Waals surface area contributed by atoms with Crippen molar-refractivity contribution in [3.05, 3.63) is 0 Å². The smallest absolute Gasteiger partial charge is 0.223 e. The first kappa shape index (κ1) is 21.0. The van der Waals surface area contributed by atoms with E-state index in [2.05, 4.69) is 24.1 Å². The van der Waals surface area contributed by atoms with Crippen molar-refractivity contribution in [1.29, 1.82) is 0 Å². The normalized spacial score (nSPS) is 28.3. The second-order valence-corrected chi connectivity index (χ2v) is 6.58. The number of carbonyl (C=O) groups is 1. The molecule has 1 saturated heterocycles. The lowest BCUT2D eigenvalue weighted by Gasteiger charge is -2.35. The highest BCUT2D eigenvalue weighted by Crippen LogP contribution is 2.24. The maximum Gasteiger partial charge on any atom is 0.223 e. The second-order valence-electron chi connectivity index (χ2n) is 6.58. The predicted octanol–water partition coefficient (Wildman–Crippen LogP) is 2.19. The Morgan fingerprint density at radius 1 is 1.24 bits per heavy atom. The summed E-state index contributed by atoms with van der Waals surface area (Å²) in [5, 5.41) is 3.12. The Morgan fingerprint density at radius 2 is 1.86 bits per heavy atom. The number of rotatable bonds is 4. The Hall–Kier alpha value is -0.0300. The summed E-state index contributed by atoms with van der Waals surface area (Å²) in [7, 11) is 0. The van der Waals surface area contributed by atoms with Crippen LogP contribution in [0.5, 0.6) is 0 Å². The fourth-order valence-electron chi connectivity index (χ4n) is 3.25. The van der Waals surface area contributed by atoms with Gasteiger partial charge in [-0.2, -0.15) is 0 Å². The zero-order valence-corrected chi connectivity index (χ0v) is 14.8. The molecule has 1 amide bonds. The molecule has 0 aromatic carbocycles. The molecular weight excluding hydrogens is 309 g/mol. The van der Waals surface area contributed by atoms with Gasteiger partial charge < -0.3 is 11.1 Å². The number of hydrogen-bond donors (Lipinski definition) is 2. The van der Waals surface area contributed by atoms with Crippen molar-refractivity contribution in [2.75, 3.05) is 19.6 Å². The fraction of sp³-hybridized carbons (Fsp3) is 0.933. The number of likely N-dealkylation sites (tertiary alicyclic amines) is 1. The Labute approximate surface area is 141 Å². The van der Waals surface area contributed by atoms with Gasteiger partial charge in [-0.15, -0.1) is 24.8 Å². The van der Waals surface area contributed by atoms with Crippen LogP contribution in [0.3, 0.4) is 0 Å². The van der Waals surface area contributed by atoms with E-state index in [4.69, 9.17) is 5.73 Å². The quantitative estimate of drug-likeness (QED) is 0.825. The van der Waals surface area contributed by atoms with Crippen LogP contribution >= 0.6 is 24.8 Å². The Morgan fingerprint density at radius 3 is 2.38 bits per heavy atom. The molecule has 2 fully saturated rings. The van der Waals surface area contributed by atoms with Crippen molar-refractivity contribution < 1.29 is 4.79 Å². The topological polar surface area (TPSA) is 58.4 Å². The number of nitrogens with one attached hydrogen (secondary N) is 1. The first-order valence-electron chi connectivity index (χ1n) is 7.83. The highest BCUT2D eigenvalue weighted by atomic mass is 35.5. The molecule has 1 saturated carbocycles. The van der Waals surface area contributed by atoms with Gasteiger partial charge in [-0.3, -0.25) is 9.69 Å². The third-order valence-electron chi connectivity index (χ3n) is 4.86. The summed E-state index contributed by atoms with van der Waals surface area (Å²) in [5.41, 5.74) is 5.86. The van der Waals surface area contributed by atoms with E-state index in [9.17, 15) is 4.79 Å². The monoisotopic (exact) mass is 339 g/mol. The van der Waals surface area contributed by atoms with Gasteiger partial charge in [0.05, 0.1) is 0 Å². The number of hydrogen-bond acceptors (Lipinski definition) is 3. The van der Waals surface area contributed by atoms with Gasteiger partial charge in [0.15, 0.2) is 0 Å². The van der Waals surface area contributed by atoms with Gasteiger partial charge in [0.2, 0.25) is 5.91 Å². The molecule has 2 rings (SSSR count). The molecule has 1 heterocycles. The third kappa shape index (κ3) is 6.31. The molecule has 4 nitrogen and oxygen atoms in total. The summed E-state index contributed by atoms with van der Waals surface area (Å²) in [4.78, 5) is 14.5. The second kappa shape index (κ2) is 9.88. The average molecular weight is 340 g/mol. The molecule has 0 spiro atoms. The summed E-state index contributed by atoms with van der Waals surface area (Å²) in [6.45, 7) is 7.67. The molecule has 0 aromatic heterocycles. The summed E-state index contributed by atoms with van der Waals surface area (Å²) in [5.74, 6) is 1.23. The molecular formula is C15H31Cl2N3O. The van der Waals surface area contributed by atoms with Gasteiger partial charge in [-0.25, -0.2) is 0 Å². The van der Waals surface area contributed by atoms with Crippen LogP contribution in [0.4, 0.5) is 0 Å². The van der Waals surface area contributed by atoms with E-state index in [1.807, 2.05) is 0 Å². The summed E-state index contributed by atoms with van der Waals surface area (Å²) in [6.07, 6.45) is 5.40. The van der Waals surface area contributed by atoms with Gasteiger partial charge in [-0.05, 0) is 58.0 Å². The van der Waals surface area contributed by atoms with Crippen LogP contribution in [0.25, 0.3) is 0 Å². The molecule has 126 valence electrons. The van der Waals surface area contributed by atoms with Crippen LogP contribution in [0.2, 0.25) is 0 Å². The first-order valence-corrected chi connectivity index (χ1v) is 7.83. The van der Waals surface area contributed by atoms with Gasteiger partial charge in [0, 0.05) is 24.5 Å². The van der Waals surface area contributed by atoms with E-state index in [0.717, 1.165) is 31.7 Å². The molecule has 21 heavy (non-hydrogen) atoms. The number of nitrogens with zero attached hydrogens (tertiary/aromatic N) is 1. The number of carbonyl (C=O) groups excluding carboxylic acids is 1. The standard InChI is InChI=1S/C15H29N3O.2ClH/c1-11-5-7-18(8-6-11)12(2)10-17-15(19)13-3-4-14(16)9-13;;/h11-14H,3-10,16H2,1-2H3,(H,17,19);2*1H. The fourth-order valence-corrected chi connectivity index (χ4v) is 3.25. The van der Waals surface area contributed by atoms with Crippen molar-refractivity contribution in [1.82, 2.24) is 10.2 Å². The van der Waals surface area contributed by atoms with Crippen molar-refractivity contribution in [2.45, 2.75) is 58.0 Å². The molecule has 1 aliphatic carbocycles. The van der Waals surface area contributed by atoms with Crippen LogP contribution in [0, 0.1) is 11.8 Å². The minimum atomic E-state index is 0. The summed E-state index contributed by atoms with van der Waals surface area (Å²) >= 11 is 0. The molecule has 0 radical (unpaired) electrons. The van der Waals surface area contributed by atoms with E-state index in [-0.39, 0.29) is 42.7 Å². The van der Waals surface area contributed by atoms with Gasteiger partial charge >= 0.3 is 0 Å². The number of amides is 1. The SMILES string of the molecule is CC1CCN(C(C)CNC(=O)C2CCC(N)C2)CC1.Cl.Cl. The van der Waals surface area contributed by atoms with Crippen molar-refractivity contribution >= 4 is 30.7 Å². The van der Waals surface area contributed by atoms with Gasteiger partial charge in [0.25, 0.3) is 0 Å². The lowest BCUT2D eigenvalue weighted by atomic mass is 9.98. The van der Waals surface area contributed by atoms with E-state index >= 15 is 0 Å². The van der Waals surface area contributed by atoms with E-state index in [0.29, 0.717) is 6.04 Å². The van der Waals surface area contributed by atoms with Crippen molar-refractivity contribution in [3.63, 3.8) is 0 Å². The first-order chi connectivity index (χ1) is 9.06. The zero-order chi connectivity index (χ0) is 13.8. The maximum atomic E-state index is 12.0. The largest absolute Gasteiger partial charge is 0.354 e. The molecule has 3 N–H and O–H groups in total. The Balaban J connectivity index is 0.00000200. The minimum Gasteiger partial charge on any atom is -0.354 e. The van der Waals surface area contributed by atoms with Crippen molar-refractivity contribution in [2.24, 2.45) is 17.6 Å². The van der Waals surface area contributed by atoms with Crippen LogP contribution in [0.1, 0.15) is 46.0 Å². The molecule has 6 heteroatoms. The highest BCUT2D eigenvalue weighted by molar-refractivity contribution is 5.85. The van der Waals surface area contributed by atoms with Gasteiger partial charge in [-0.1, -0.05) is 6.92 Å². The van der Waals surface area contributed by atoms with Crippen LogP contribution in [0.15, 0.2) is 0 Å². The Kier molecular flexibility index (Phi) is 9.87. The number of nitrogens with two attached hydrogens (primary N) is 1. The van der Waals surface area contributed by atoms with E-state index in [1.165, 1.54) is 25.9 Å². The number of halogens is 2. The predicted molar refractivity (Wildman–Crippen MR) is 92.3 cm³/mol. The maximum absolute atomic E-state index is 12.0. The number of piperidine rings is 1. The molecule has 1 aliphatic heterocycles. The van der Waals surface area contributed by atoms with E-state index in [1.54, 1.807) is 0 Å². The molecule has 3 unspecified atom stereocenters. The minimum absolute atomic E-state index is 0. The highest BCUT2D eigenvalue weighted by Gasteiger charge is 2.28. The lowest BCUT2D eigenvalue weighted by Crippen LogP contribution is -2.46. The molecule has 0 aromatic rings. The third-order valence-corrected chi connectivity index (χ3v) is 4.86. The summed E-state index contributed by atoms with van der Waals surface area (Å²) in [6, 6.07) is 0.684. The van der Waals surface area contributed by atoms with Crippen LogP contribution < -0.4 is 11.1 Å². The molecule has 3 atom stereocenters. The van der Waals surface area contributed by atoms with Gasteiger partial charge in [0.1, 0.15) is 0 Å². The van der Waals surface area contributed by atoms with Crippen LogP contribution in [-0.2, 0) is 4.79 Å². The van der Waals surface area contributed by atoms with E-state index < -0.39 is 0 Å².